The van der Waals surface area contributed by atoms with E-state index in [-0.39, 0.29) is 11.7 Å². The molecule has 1 fully saturated rings. The van der Waals surface area contributed by atoms with Crippen molar-refractivity contribution < 1.29 is 4.92 Å². The van der Waals surface area contributed by atoms with Crippen LogP contribution in [0.2, 0.25) is 0 Å². The third kappa shape index (κ3) is 1.99. The highest BCUT2D eigenvalue weighted by atomic mass is 16.6. The summed E-state index contributed by atoms with van der Waals surface area (Å²) in [5.74, 6) is 0.562. The first kappa shape index (κ1) is 10.1. The molecule has 0 spiro atoms. The fourth-order valence-electron chi connectivity index (χ4n) is 1.89. The van der Waals surface area contributed by atoms with Gasteiger partial charge in [-0.1, -0.05) is 18.6 Å². The van der Waals surface area contributed by atoms with Gasteiger partial charge in [-0.05, 0) is 24.3 Å². The van der Waals surface area contributed by atoms with Gasteiger partial charge in [0.1, 0.15) is 0 Å². The van der Waals surface area contributed by atoms with E-state index < -0.39 is 4.92 Å². The first-order valence-electron chi connectivity index (χ1n) is 5.18. The van der Waals surface area contributed by atoms with Crippen LogP contribution in [-0.2, 0) is 0 Å². The summed E-state index contributed by atoms with van der Waals surface area (Å²) in [5.41, 5.74) is 7.19. The van der Waals surface area contributed by atoms with Gasteiger partial charge in [-0.3, -0.25) is 10.1 Å². The van der Waals surface area contributed by atoms with Gasteiger partial charge in [-0.15, -0.1) is 0 Å². The van der Waals surface area contributed by atoms with Crippen molar-refractivity contribution in [3.8, 4) is 0 Å². The molecule has 15 heavy (non-hydrogen) atoms. The van der Waals surface area contributed by atoms with E-state index in [2.05, 4.69) is 0 Å². The lowest BCUT2D eigenvalue weighted by atomic mass is 9.77. The number of nitro benzene ring substituents is 1. The predicted molar refractivity (Wildman–Crippen MR) is 57.4 cm³/mol. The van der Waals surface area contributed by atoms with E-state index >= 15 is 0 Å². The number of nitro groups is 1. The van der Waals surface area contributed by atoms with Crippen LogP contribution in [-0.4, -0.2) is 4.92 Å². The van der Waals surface area contributed by atoms with Gasteiger partial charge in [-0.2, -0.15) is 0 Å². The topological polar surface area (TPSA) is 69.2 Å². The SMILES string of the molecule is N[C@H](c1ccc([N+](=O)[O-])cc1)C1CCC1. The van der Waals surface area contributed by atoms with Crippen LogP contribution in [0, 0.1) is 16.0 Å². The summed E-state index contributed by atoms with van der Waals surface area (Å²) in [4.78, 5) is 10.1. The maximum Gasteiger partial charge on any atom is 0.269 e. The van der Waals surface area contributed by atoms with Gasteiger partial charge in [-0.25, -0.2) is 0 Å². The second kappa shape index (κ2) is 3.98. The Balaban J connectivity index is 2.11. The van der Waals surface area contributed by atoms with Crippen molar-refractivity contribution in [3.63, 3.8) is 0 Å². The van der Waals surface area contributed by atoms with Gasteiger partial charge in [0.15, 0.2) is 0 Å². The Kier molecular flexibility index (Phi) is 2.68. The van der Waals surface area contributed by atoms with Crippen molar-refractivity contribution in [2.45, 2.75) is 25.3 Å². The maximum absolute atomic E-state index is 10.5. The molecule has 0 radical (unpaired) electrons. The highest BCUT2D eigenvalue weighted by Crippen LogP contribution is 2.36. The van der Waals surface area contributed by atoms with E-state index in [1.54, 1.807) is 12.1 Å². The van der Waals surface area contributed by atoms with Crippen LogP contribution in [0.15, 0.2) is 24.3 Å². The summed E-state index contributed by atoms with van der Waals surface area (Å²) in [5, 5.41) is 10.5. The molecule has 0 bridgehead atoms. The Morgan fingerprint density at radius 1 is 1.33 bits per heavy atom. The minimum atomic E-state index is -0.390. The largest absolute Gasteiger partial charge is 0.324 e. The van der Waals surface area contributed by atoms with Gasteiger partial charge in [0.25, 0.3) is 5.69 Å². The number of hydrogen-bond acceptors (Lipinski definition) is 3. The molecule has 4 heteroatoms. The van der Waals surface area contributed by atoms with E-state index in [9.17, 15) is 10.1 Å². The summed E-state index contributed by atoms with van der Waals surface area (Å²) in [7, 11) is 0. The summed E-state index contributed by atoms with van der Waals surface area (Å²) in [6.07, 6.45) is 3.61. The van der Waals surface area contributed by atoms with Crippen molar-refractivity contribution in [1.29, 1.82) is 0 Å². The molecular formula is C11H14N2O2. The summed E-state index contributed by atoms with van der Waals surface area (Å²) < 4.78 is 0. The van der Waals surface area contributed by atoms with Crippen LogP contribution < -0.4 is 5.73 Å². The molecule has 1 saturated carbocycles. The lowest BCUT2D eigenvalue weighted by molar-refractivity contribution is -0.384. The monoisotopic (exact) mass is 206 g/mol. The smallest absolute Gasteiger partial charge is 0.269 e. The van der Waals surface area contributed by atoms with E-state index in [1.165, 1.54) is 31.4 Å². The molecule has 2 N–H and O–H groups in total. The zero-order chi connectivity index (χ0) is 10.8. The average molecular weight is 206 g/mol. The average Bonchev–Trinajstić information content (AvgIpc) is 2.15. The molecule has 1 aromatic carbocycles. The number of benzene rings is 1. The van der Waals surface area contributed by atoms with Crippen LogP contribution >= 0.6 is 0 Å². The molecule has 0 heterocycles. The first-order chi connectivity index (χ1) is 7.18. The molecule has 4 nitrogen and oxygen atoms in total. The summed E-state index contributed by atoms with van der Waals surface area (Å²) in [6.45, 7) is 0. The van der Waals surface area contributed by atoms with E-state index in [4.69, 9.17) is 5.73 Å². The maximum atomic E-state index is 10.5. The van der Waals surface area contributed by atoms with Crippen molar-refractivity contribution >= 4 is 5.69 Å². The van der Waals surface area contributed by atoms with Gasteiger partial charge in [0.2, 0.25) is 0 Å². The van der Waals surface area contributed by atoms with E-state index in [1.807, 2.05) is 0 Å². The highest BCUT2D eigenvalue weighted by Gasteiger charge is 2.25. The summed E-state index contributed by atoms with van der Waals surface area (Å²) >= 11 is 0. The zero-order valence-electron chi connectivity index (χ0n) is 8.43. The summed E-state index contributed by atoms with van der Waals surface area (Å²) in [6, 6.07) is 6.61. The Hall–Kier alpha value is -1.42. The van der Waals surface area contributed by atoms with Crippen molar-refractivity contribution in [3.05, 3.63) is 39.9 Å². The predicted octanol–water partition coefficient (Wildman–Crippen LogP) is 2.39. The minimum absolute atomic E-state index is 0.0413. The Bertz CT molecular complexity index is 357. The lowest BCUT2D eigenvalue weighted by Crippen LogP contribution is -2.26. The number of non-ortho nitro benzene ring substituents is 1. The van der Waals surface area contributed by atoms with Crippen molar-refractivity contribution in [2.75, 3.05) is 0 Å². The minimum Gasteiger partial charge on any atom is -0.324 e. The second-order valence-electron chi connectivity index (χ2n) is 4.07. The molecule has 1 aliphatic carbocycles. The number of rotatable bonds is 3. The second-order valence-corrected chi connectivity index (χ2v) is 4.07. The zero-order valence-corrected chi connectivity index (χ0v) is 8.43. The molecule has 0 aliphatic heterocycles. The molecule has 0 saturated heterocycles. The standard InChI is InChI=1S/C11H14N2O2/c12-11(8-2-1-3-8)9-4-6-10(7-5-9)13(14)15/h4-8,11H,1-3,12H2/t11-/m0/s1. The lowest BCUT2D eigenvalue weighted by Gasteiger charge is -2.31. The molecule has 1 atom stereocenters. The fraction of sp³-hybridized carbons (Fsp3) is 0.455. The van der Waals surface area contributed by atoms with E-state index in [0.717, 1.165) is 5.56 Å². The van der Waals surface area contributed by atoms with Crippen LogP contribution in [0.4, 0.5) is 5.69 Å². The van der Waals surface area contributed by atoms with Crippen LogP contribution in [0.25, 0.3) is 0 Å². The van der Waals surface area contributed by atoms with Crippen LogP contribution in [0.1, 0.15) is 30.9 Å². The first-order valence-corrected chi connectivity index (χ1v) is 5.18. The number of nitrogens with zero attached hydrogens (tertiary/aromatic N) is 1. The highest BCUT2D eigenvalue weighted by molar-refractivity contribution is 5.34. The molecule has 80 valence electrons. The Morgan fingerprint density at radius 2 is 1.93 bits per heavy atom. The molecular weight excluding hydrogens is 192 g/mol. The molecule has 0 unspecified atom stereocenters. The van der Waals surface area contributed by atoms with Gasteiger partial charge in [0.05, 0.1) is 4.92 Å². The van der Waals surface area contributed by atoms with Gasteiger partial charge < -0.3 is 5.73 Å². The quantitative estimate of drug-likeness (QED) is 0.609. The number of nitrogens with two attached hydrogens (primary N) is 1. The van der Waals surface area contributed by atoms with Crippen LogP contribution in [0.3, 0.4) is 0 Å². The van der Waals surface area contributed by atoms with Crippen LogP contribution in [0.5, 0.6) is 0 Å². The Morgan fingerprint density at radius 3 is 2.33 bits per heavy atom. The molecule has 0 amide bonds. The molecule has 2 rings (SSSR count). The molecule has 0 aromatic heterocycles. The van der Waals surface area contributed by atoms with Crippen molar-refractivity contribution in [2.24, 2.45) is 11.7 Å². The molecule has 1 aliphatic rings. The molecule has 1 aromatic rings. The third-order valence-corrected chi connectivity index (χ3v) is 3.15. The van der Waals surface area contributed by atoms with Gasteiger partial charge in [0, 0.05) is 18.2 Å². The fourth-order valence-corrected chi connectivity index (χ4v) is 1.89. The van der Waals surface area contributed by atoms with Gasteiger partial charge >= 0.3 is 0 Å². The van der Waals surface area contributed by atoms with Crippen molar-refractivity contribution in [1.82, 2.24) is 0 Å². The van der Waals surface area contributed by atoms with E-state index in [0.29, 0.717) is 5.92 Å². The number of hydrogen-bond donors (Lipinski definition) is 1. The normalized spacial score (nSPS) is 18.2. The Labute approximate surface area is 88.2 Å². The third-order valence-electron chi connectivity index (χ3n) is 3.15.